The molecule has 1 N–H and O–H groups in total. The number of alkyl halides is 2. The summed E-state index contributed by atoms with van der Waals surface area (Å²) in [4.78, 5) is 8.93. The number of nitrogens with zero attached hydrogens (tertiary/aromatic N) is 3. The van der Waals surface area contributed by atoms with Crippen LogP contribution < -0.4 is 9.47 Å². The fourth-order valence-corrected chi connectivity index (χ4v) is 4.02. The molecule has 32 heavy (non-hydrogen) atoms. The number of halogens is 3. The number of ether oxygens (including phenoxy) is 2. The van der Waals surface area contributed by atoms with E-state index < -0.39 is 6.29 Å². The summed E-state index contributed by atoms with van der Waals surface area (Å²) < 4.78 is 44.5. The third-order valence-electron chi connectivity index (χ3n) is 4.96. The largest absolute Gasteiger partial charge is 0.586 e. The lowest BCUT2D eigenvalue weighted by Gasteiger charge is -2.12. The van der Waals surface area contributed by atoms with Crippen molar-refractivity contribution in [1.29, 1.82) is 0 Å². The molecule has 0 fully saturated rings. The summed E-state index contributed by atoms with van der Waals surface area (Å²) in [5.74, 6) is 1.35. The molecule has 0 unspecified atom stereocenters. The second kappa shape index (κ2) is 7.42. The zero-order valence-corrected chi connectivity index (χ0v) is 18.5. The van der Waals surface area contributed by atoms with Crippen LogP contribution in [0.15, 0.2) is 51.5 Å². The summed E-state index contributed by atoms with van der Waals surface area (Å²) in [5, 5.41) is 9.48. The van der Waals surface area contributed by atoms with Crippen molar-refractivity contribution in [2.45, 2.75) is 26.7 Å². The predicted molar refractivity (Wildman–Crippen MR) is 114 cm³/mol. The van der Waals surface area contributed by atoms with Gasteiger partial charge in [0, 0.05) is 28.7 Å². The monoisotopic (exact) mass is 503 g/mol. The lowest BCUT2D eigenvalue weighted by molar-refractivity contribution is -0.286. The second-order valence-corrected chi connectivity index (χ2v) is 8.12. The molecule has 2 aromatic heterocycles. The van der Waals surface area contributed by atoms with Crippen LogP contribution in [0.25, 0.3) is 28.3 Å². The van der Waals surface area contributed by atoms with Crippen LogP contribution in [0, 0.1) is 13.8 Å². The van der Waals surface area contributed by atoms with Gasteiger partial charge in [-0.2, -0.15) is 0 Å². The zero-order valence-electron chi connectivity index (χ0n) is 16.9. The van der Waals surface area contributed by atoms with Crippen molar-refractivity contribution in [2.24, 2.45) is 0 Å². The number of aryl methyl sites for hydroxylation is 2. The standard InChI is InChI=1S/C22H16BrF2N3O4/c1-11-26-15(10-29)9-28(11)17-5-4-14(23)8-16(17)20-21(30-12(2)27-20)13-3-6-18-19(7-13)32-22(24,25)31-18/h3-9,29H,10H2,1-2H3. The maximum Gasteiger partial charge on any atom is 0.586 e. The Kier molecular flexibility index (Phi) is 4.79. The van der Waals surface area contributed by atoms with Crippen molar-refractivity contribution in [1.82, 2.24) is 14.5 Å². The first-order chi connectivity index (χ1) is 15.2. The molecule has 0 amide bonds. The number of aromatic nitrogens is 3. The second-order valence-electron chi connectivity index (χ2n) is 7.21. The van der Waals surface area contributed by atoms with Gasteiger partial charge in [-0.3, -0.25) is 0 Å². The molecule has 0 saturated heterocycles. The number of oxazole rings is 1. The minimum atomic E-state index is -3.71. The maximum absolute atomic E-state index is 13.5. The summed E-state index contributed by atoms with van der Waals surface area (Å²) >= 11 is 3.50. The average Bonchev–Trinajstić information content (AvgIpc) is 3.40. The Bertz CT molecular complexity index is 1350. The van der Waals surface area contributed by atoms with E-state index >= 15 is 0 Å². The van der Waals surface area contributed by atoms with E-state index in [4.69, 9.17) is 4.42 Å². The van der Waals surface area contributed by atoms with Crippen molar-refractivity contribution in [3.8, 4) is 39.8 Å². The van der Waals surface area contributed by atoms with E-state index in [1.54, 1.807) is 19.2 Å². The lowest BCUT2D eigenvalue weighted by atomic mass is 10.0. The molecule has 7 nitrogen and oxygen atoms in total. The van der Waals surface area contributed by atoms with Crippen LogP contribution in [0.4, 0.5) is 8.78 Å². The molecule has 3 heterocycles. The van der Waals surface area contributed by atoms with Crippen molar-refractivity contribution in [3.05, 3.63) is 64.5 Å². The quantitative estimate of drug-likeness (QED) is 0.402. The molecule has 1 aliphatic heterocycles. The van der Waals surface area contributed by atoms with Crippen molar-refractivity contribution >= 4 is 15.9 Å². The molecular weight excluding hydrogens is 488 g/mol. The lowest BCUT2D eigenvalue weighted by Crippen LogP contribution is -2.25. The van der Waals surface area contributed by atoms with Crippen LogP contribution in [0.1, 0.15) is 17.4 Å². The normalized spacial score (nSPS) is 14.2. The van der Waals surface area contributed by atoms with E-state index in [0.29, 0.717) is 34.4 Å². The van der Waals surface area contributed by atoms with Gasteiger partial charge in [-0.25, -0.2) is 9.97 Å². The topological polar surface area (TPSA) is 82.5 Å². The number of aliphatic hydroxyl groups excluding tert-OH is 1. The van der Waals surface area contributed by atoms with Crippen LogP contribution in [-0.4, -0.2) is 25.9 Å². The van der Waals surface area contributed by atoms with Crippen LogP contribution >= 0.6 is 15.9 Å². The van der Waals surface area contributed by atoms with E-state index in [-0.39, 0.29) is 18.1 Å². The highest BCUT2D eigenvalue weighted by Gasteiger charge is 2.43. The third-order valence-corrected chi connectivity index (χ3v) is 5.46. The minimum Gasteiger partial charge on any atom is -0.440 e. The van der Waals surface area contributed by atoms with Gasteiger partial charge in [0.2, 0.25) is 0 Å². The van der Waals surface area contributed by atoms with Crippen LogP contribution in [-0.2, 0) is 6.61 Å². The Hall–Kier alpha value is -3.24. The summed E-state index contributed by atoms with van der Waals surface area (Å²) in [5.41, 5.74) is 3.04. The van der Waals surface area contributed by atoms with E-state index in [9.17, 15) is 13.9 Å². The van der Waals surface area contributed by atoms with Gasteiger partial charge >= 0.3 is 6.29 Å². The molecule has 0 saturated carbocycles. The van der Waals surface area contributed by atoms with Gasteiger partial charge in [-0.1, -0.05) is 15.9 Å². The van der Waals surface area contributed by atoms with Crippen molar-refractivity contribution in [2.75, 3.05) is 0 Å². The van der Waals surface area contributed by atoms with Gasteiger partial charge in [0.1, 0.15) is 11.5 Å². The Labute approximate surface area is 189 Å². The molecule has 0 bridgehead atoms. The molecule has 4 aromatic rings. The SMILES string of the molecule is Cc1nc(-c2cc(Br)ccc2-n2cc(CO)nc2C)c(-c2ccc3c(c2)OC(F)(F)O3)o1. The smallest absolute Gasteiger partial charge is 0.440 e. The van der Waals surface area contributed by atoms with Crippen molar-refractivity contribution in [3.63, 3.8) is 0 Å². The van der Waals surface area contributed by atoms with Gasteiger partial charge < -0.3 is 23.6 Å². The molecule has 0 radical (unpaired) electrons. The first-order valence-corrected chi connectivity index (χ1v) is 10.4. The number of benzene rings is 2. The van der Waals surface area contributed by atoms with Crippen LogP contribution in [0.3, 0.4) is 0 Å². The number of aliphatic hydroxyl groups is 1. The van der Waals surface area contributed by atoms with E-state index in [0.717, 1.165) is 15.7 Å². The van der Waals surface area contributed by atoms with Crippen molar-refractivity contribution < 1.29 is 27.8 Å². The zero-order chi connectivity index (χ0) is 22.6. The molecule has 164 valence electrons. The Morgan fingerprint density at radius 2 is 1.84 bits per heavy atom. The summed E-state index contributed by atoms with van der Waals surface area (Å²) in [6.45, 7) is 3.35. The number of imidazole rings is 1. The highest BCUT2D eigenvalue weighted by Crippen LogP contribution is 2.45. The number of hydrogen-bond acceptors (Lipinski definition) is 6. The maximum atomic E-state index is 13.5. The van der Waals surface area contributed by atoms with Gasteiger partial charge in [0.05, 0.1) is 18.0 Å². The molecule has 5 rings (SSSR count). The fraction of sp³-hybridized carbons (Fsp3) is 0.182. The highest BCUT2D eigenvalue weighted by atomic mass is 79.9. The summed E-state index contributed by atoms with van der Waals surface area (Å²) in [6.07, 6.45) is -1.96. The van der Waals surface area contributed by atoms with Gasteiger partial charge in [-0.15, -0.1) is 8.78 Å². The van der Waals surface area contributed by atoms with E-state index in [1.807, 2.05) is 29.7 Å². The van der Waals surface area contributed by atoms with Crippen LogP contribution in [0.2, 0.25) is 0 Å². The molecule has 0 spiro atoms. The van der Waals surface area contributed by atoms with Gasteiger partial charge in [0.15, 0.2) is 23.1 Å². The molecule has 0 aliphatic carbocycles. The fourth-order valence-electron chi connectivity index (χ4n) is 3.66. The van der Waals surface area contributed by atoms with Crippen LogP contribution in [0.5, 0.6) is 11.5 Å². The molecule has 10 heteroatoms. The summed E-state index contributed by atoms with van der Waals surface area (Å²) in [7, 11) is 0. The number of fused-ring (bicyclic) bond motifs is 1. The van der Waals surface area contributed by atoms with E-state index in [2.05, 4.69) is 35.4 Å². The molecular formula is C22H16BrF2N3O4. The molecule has 2 aromatic carbocycles. The Morgan fingerprint density at radius 1 is 1.06 bits per heavy atom. The number of hydrogen-bond donors (Lipinski definition) is 1. The highest BCUT2D eigenvalue weighted by molar-refractivity contribution is 9.10. The molecule has 1 aliphatic rings. The average molecular weight is 504 g/mol. The van der Waals surface area contributed by atoms with E-state index in [1.165, 1.54) is 12.1 Å². The summed E-state index contributed by atoms with van der Waals surface area (Å²) in [6, 6.07) is 10.1. The van der Waals surface area contributed by atoms with Gasteiger partial charge in [-0.05, 0) is 43.3 Å². The Morgan fingerprint density at radius 3 is 2.59 bits per heavy atom. The predicted octanol–water partition coefficient (Wildman–Crippen LogP) is 5.39. The first-order valence-electron chi connectivity index (χ1n) is 9.58. The number of rotatable bonds is 4. The first kappa shape index (κ1) is 20.7. The third kappa shape index (κ3) is 3.55. The Balaban J connectivity index is 1.67. The van der Waals surface area contributed by atoms with Gasteiger partial charge in [0.25, 0.3) is 0 Å². The molecule has 0 atom stereocenters. The minimum absolute atomic E-state index is 0.0507.